The standard InChI is InChI=1S/C13H16F2N2O2S/c1-20(18,19)17-8-13(2-4-16-5-3-13)10-6-9(14)7-11(15)12(10)17/h6-7,16H,2-5,8H2,1H3. The van der Waals surface area contributed by atoms with Gasteiger partial charge in [-0.05, 0) is 37.6 Å². The molecule has 0 amide bonds. The van der Waals surface area contributed by atoms with E-state index in [2.05, 4.69) is 5.32 Å². The first kappa shape index (κ1) is 13.8. The zero-order valence-corrected chi connectivity index (χ0v) is 11.9. The van der Waals surface area contributed by atoms with Gasteiger partial charge in [0.15, 0.2) is 5.82 Å². The summed E-state index contributed by atoms with van der Waals surface area (Å²) in [5.41, 5.74) is 0.0322. The molecule has 1 spiro atoms. The van der Waals surface area contributed by atoms with Gasteiger partial charge in [-0.3, -0.25) is 4.31 Å². The van der Waals surface area contributed by atoms with E-state index in [1.54, 1.807) is 0 Å². The van der Waals surface area contributed by atoms with Crippen LogP contribution < -0.4 is 9.62 Å². The van der Waals surface area contributed by atoms with E-state index in [1.165, 1.54) is 6.07 Å². The Morgan fingerprint density at radius 3 is 2.50 bits per heavy atom. The molecule has 1 aromatic rings. The number of nitrogens with one attached hydrogen (secondary N) is 1. The molecule has 0 bridgehead atoms. The van der Waals surface area contributed by atoms with Crippen LogP contribution in [0.3, 0.4) is 0 Å². The third-order valence-electron chi connectivity index (χ3n) is 4.26. The molecule has 0 atom stereocenters. The highest BCUT2D eigenvalue weighted by Crippen LogP contribution is 2.48. The van der Waals surface area contributed by atoms with Gasteiger partial charge in [0.2, 0.25) is 10.0 Å². The second-order valence-electron chi connectivity index (χ2n) is 5.58. The fraction of sp³-hybridized carbons (Fsp3) is 0.538. The Balaban J connectivity index is 2.22. The Morgan fingerprint density at radius 1 is 1.25 bits per heavy atom. The van der Waals surface area contributed by atoms with E-state index in [0.29, 0.717) is 18.4 Å². The summed E-state index contributed by atoms with van der Waals surface area (Å²) in [6.07, 6.45) is 2.41. The Labute approximate surface area is 116 Å². The van der Waals surface area contributed by atoms with E-state index < -0.39 is 27.1 Å². The van der Waals surface area contributed by atoms with Gasteiger partial charge in [-0.15, -0.1) is 0 Å². The molecular weight excluding hydrogens is 286 g/mol. The number of anilines is 1. The summed E-state index contributed by atoms with van der Waals surface area (Å²) in [5, 5.41) is 3.19. The number of rotatable bonds is 1. The summed E-state index contributed by atoms with van der Waals surface area (Å²) >= 11 is 0. The second-order valence-corrected chi connectivity index (χ2v) is 7.49. The molecule has 20 heavy (non-hydrogen) atoms. The molecule has 4 nitrogen and oxygen atoms in total. The van der Waals surface area contributed by atoms with E-state index in [1.807, 2.05) is 0 Å². The van der Waals surface area contributed by atoms with Crippen molar-refractivity contribution < 1.29 is 17.2 Å². The lowest BCUT2D eigenvalue weighted by Crippen LogP contribution is -2.44. The van der Waals surface area contributed by atoms with Crippen molar-refractivity contribution >= 4 is 15.7 Å². The zero-order valence-electron chi connectivity index (χ0n) is 11.1. The van der Waals surface area contributed by atoms with Gasteiger partial charge in [-0.1, -0.05) is 0 Å². The summed E-state index contributed by atoms with van der Waals surface area (Å²) in [6.45, 7) is 1.63. The Bertz CT molecular complexity index is 655. The van der Waals surface area contributed by atoms with E-state index in [4.69, 9.17) is 0 Å². The number of benzene rings is 1. The summed E-state index contributed by atoms with van der Waals surface area (Å²) in [6, 6.07) is 2.03. The smallest absolute Gasteiger partial charge is 0.232 e. The molecule has 1 saturated heterocycles. The van der Waals surface area contributed by atoms with Crippen molar-refractivity contribution in [2.24, 2.45) is 0 Å². The topological polar surface area (TPSA) is 49.4 Å². The Hall–Kier alpha value is -1.21. The van der Waals surface area contributed by atoms with Crippen molar-refractivity contribution in [3.05, 3.63) is 29.3 Å². The van der Waals surface area contributed by atoms with Crippen LogP contribution in [0.15, 0.2) is 12.1 Å². The quantitative estimate of drug-likeness (QED) is 0.852. The van der Waals surface area contributed by atoms with Gasteiger partial charge < -0.3 is 5.32 Å². The van der Waals surface area contributed by atoms with Gasteiger partial charge in [-0.25, -0.2) is 17.2 Å². The summed E-state index contributed by atoms with van der Waals surface area (Å²) < 4.78 is 52.6. The predicted octanol–water partition coefficient (Wildman–Crippen LogP) is 1.37. The van der Waals surface area contributed by atoms with Gasteiger partial charge in [0, 0.05) is 18.0 Å². The van der Waals surface area contributed by atoms with Crippen molar-refractivity contribution in [3.63, 3.8) is 0 Å². The fourth-order valence-electron chi connectivity index (χ4n) is 3.28. The molecule has 1 aromatic carbocycles. The van der Waals surface area contributed by atoms with Crippen molar-refractivity contribution in [2.45, 2.75) is 18.3 Å². The Kier molecular flexibility index (Phi) is 3.02. The molecule has 2 heterocycles. The molecule has 110 valence electrons. The molecule has 0 unspecified atom stereocenters. The minimum Gasteiger partial charge on any atom is -0.317 e. The number of sulfonamides is 1. The lowest BCUT2D eigenvalue weighted by molar-refractivity contribution is 0.329. The van der Waals surface area contributed by atoms with Gasteiger partial charge >= 0.3 is 0 Å². The van der Waals surface area contributed by atoms with Crippen LogP contribution in [0.5, 0.6) is 0 Å². The highest BCUT2D eigenvalue weighted by Gasteiger charge is 2.47. The van der Waals surface area contributed by atoms with Crippen molar-refractivity contribution in [3.8, 4) is 0 Å². The minimum atomic E-state index is -3.58. The van der Waals surface area contributed by atoms with Gasteiger partial charge in [0.1, 0.15) is 5.82 Å². The van der Waals surface area contributed by atoms with Crippen molar-refractivity contribution in [1.82, 2.24) is 5.32 Å². The summed E-state index contributed by atoms with van der Waals surface area (Å²) in [4.78, 5) is 0. The third kappa shape index (κ3) is 2.00. The minimum absolute atomic E-state index is 0.0239. The lowest BCUT2D eigenvalue weighted by atomic mass is 9.75. The maximum absolute atomic E-state index is 14.1. The molecule has 0 saturated carbocycles. The zero-order chi connectivity index (χ0) is 14.5. The van der Waals surface area contributed by atoms with Crippen LogP contribution in [-0.4, -0.2) is 34.3 Å². The van der Waals surface area contributed by atoms with E-state index in [9.17, 15) is 17.2 Å². The number of hydrogen-bond acceptors (Lipinski definition) is 3. The summed E-state index contributed by atoms with van der Waals surface area (Å²) in [7, 11) is -3.58. The van der Waals surface area contributed by atoms with E-state index >= 15 is 0 Å². The largest absolute Gasteiger partial charge is 0.317 e. The molecule has 1 fully saturated rings. The number of piperidine rings is 1. The monoisotopic (exact) mass is 302 g/mol. The number of nitrogens with zero attached hydrogens (tertiary/aromatic N) is 1. The first-order chi connectivity index (χ1) is 9.33. The van der Waals surface area contributed by atoms with Crippen molar-refractivity contribution in [2.75, 3.05) is 30.2 Å². The molecule has 0 radical (unpaired) electrons. The second kappa shape index (κ2) is 4.39. The molecule has 2 aliphatic rings. The molecule has 3 rings (SSSR count). The first-order valence-corrected chi connectivity index (χ1v) is 8.36. The highest BCUT2D eigenvalue weighted by molar-refractivity contribution is 7.92. The number of hydrogen-bond donors (Lipinski definition) is 1. The van der Waals surface area contributed by atoms with Crippen LogP contribution >= 0.6 is 0 Å². The molecule has 1 N–H and O–H groups in total. The summed E-state index contributed by atoms with van der Waals surface area (Å²) in [5.74, 6) is -1.46. The molecular formula is C13H16F2N2O2S. The first-order valence-electron chi connectivity index (χ1n) is 6.51. The van der Waals surface area contributed by atoms with Crippen LogP contribution in [0.25, 0.3) is 0 Å². The number of fused-ring (bicyclic) bond motifs is 2. The van der Waals surface area contributed by atoms with Crippen LogP contribution in [0.1, 0.15) is 18.4 Å². The average molecular weight is 302 g/mol. The van der Waals surface area contributed by atoms with Gasteiger partial charge in [0.05, 0.1) is 11.9 Å². The predicted molar refractivity (Wildman–Crippen MR) is 72.3 cm³/mol. The van der Waals surface area contributed by atoms with Gasteiger partial charge in [0.25, 0.3) is 0 Å². The SMILES string of the molecule is CS(=O)(=O)N1CC2(CCNCC2)c2cc(F)cc(F)c21. The normalized spacial score (nSPS) is 21.2. The average Bonchev–Trinajstić information content (AvgIpc) is 2.65. The van der Waals surface area contributed by atoms with E-state index in [-0.39, 0.29) is 12.2 Å². The Morgan fingerprint density at radius 2 is 1.90 bits per heavy atom. The van der Waals surface area contributed by atoms with E-state index in [0.717, 1.165) is 29.7 Å². The van der Waals surface area contributed by atoms with Crippen LogP contribution in [0.2, 0.25) is 0 Å². The van der Waals surface area contributed by atoms with Crippen LogP contribution in [0.4, 0.5) is 14.5 Å². The molecule has 7 heteroatoms. The third-order valence-corrected chi connectivity index (χ3v) is 5.37. The molecule has 0 aliphatic carbocycles. The molecule has 2 aliphatic heterocycles. The lowest BCUT2D eigenvalue weighted by Gasteiger charge is -2.34. The molecule has 0 aromatic heterocycles. The highest BCUT2D eigenvalue weighted by atomic mass is 32.2. The maximum Gasteiger partial charge on any atom is 0.232 e. The van der Waals surface area contributed by atoms with Gasteiger partial charge in [-0.2, -0.15) is 0 Å². The van der Waals surface area contributed by atoms with Crippen LogP contribution in [-0.2, 0) is 15.4 Å². The maximum atomic E-state index is 14.1. The fourth-order valence-corrected chi connectivity index (χ4v) is 4.28. The van der Waals surface area contributed by atoms with Crippen LogP contribution in [0, 0.1) is 11.6 Å². The number of halogens is 2. The van der Waals surface area contributed by atoms with Crippen molar-refractivity contribution in [1.29, 1.82) is 0 Å².